The van der Waals surface area contributed by atoms with E-state index in [1.165, 1.54) is 6.07 Å². The predicted octanol–water partition coefficient (Wildman–Crippen LogP) is 2.87. The van der Waals surface area contributed by atoms with E-state index in [0.29, 0.717) is 24.6 Å². The number of hydrogen-bond donors (Lipinski definition) is 1. The molecule has 0 amide bonds. The first-order chi connectivity index (χ1) is 9.56. The van der Waals surface area contributed by atoms with Gasteiger partial charge in [-0.25, -0.2) is 0 Å². The predicted molar refractivity (Wildman–Crippen MR) is 80.7 cm³/mol. The monoisotopic (exact) mass is 278 g/mol. The lowest BCUT2D eigenvalue weighted by molar-refractivity contribution is -0.385. The average Bonchev–Trinajstić information content (AvgIpc) is 2.42. The van der Waals surface area contributed by atoms with Gasteiger partial charge in [0.15, 0.2) is 0 Å². The van der Waals surface area contributed by atoms with Crippen LogP contribution in [0.15, 0.2) is 29.8 Å². The number of nitrogens with one attached hydrogen (secondary N) is 1. The van der Waals surface area contributed by atoms with Gasteiger partial charge < -0.3 is 10.1 Å². The van der Waals surface area contributed by atoms with E-state index in [1.54, 1.807) is 19.2 Å². The molecule has 0 atom stereocenters. The number of ether oxygens (including phenoxy) is 1. The lowest BCUT2D eigenvalue weighted by Crippen LogP contribution is -2.23. The lowest BCUT2D eigenvalue weighted by Gasteiger charge is -2.13. The highest BCUT2D eigenvalue weighted by atomic mass is 16.6. The molecule has 5 heteroatoms. The summed E-state index contributed by atoms with van der Waals surface area (Å²) < 4.78 is 4.98. The third-order valence-corrected chi connectivity index (χ3v) is 3.03. The molecule has 0 heterocycles. The minimum atomic E-state index is -0.345. The second kappa shape index (κ2) is 8.45. The fourth-order valence-corrected chi connectivity index (χ4v) is 1.80. The van der Waals surface area contributed by atoms with Crippen molar-refractivity contribution in [2.75, 3.05) is 26.8 Å². The van der Waals surface area contributed by atoms with Gasteiger partial charge in [0.25, 0.3) is 5.69 Å². The highest BCUT2D eigenvalue weighted by Gasteiger charge is 2.12. The second-order valence-electron chi connectivity index (χ2n) is 4.86. The first-order valence-electron chi connectivity index (χ1n) is 6.69. The van der Waals surface area contributed by atoms with Gasteiger partial charge in [-0.1, -0.05) is 31.6 Å². The number of nitro groups is 1. The summed E-state index contributed by atoms with van der Waals surface area (Å²) in [5.74, 6) is 0.324. The number of hydrogen-bond acceptors (Lipinski definition) is 4. The van der Waals surface area contributed by atoms with Crippen LogP contribution >= 0.6 is 0 Å². The summed E-state index contributed by atoms with van der Waals surface area (Å²) in [5, 5.41) is 14.3. The Hall–Kier alpha value is -1.72. The molecule has 1 N–H and O–H groups in total. The van der Waals surface area contributed by atoms with Gasteiger partial charge in [0.05, 0.1) is 17.1 Å². The standard InChI is InChI=1S/C15H22N2O3/c1-12(2)14(11-16-8-9-20-3)10-13-6-4-5-7-15(13)17(18)19/h4-7,10,12,16H,8-9,11H2,1-3H3. The maximum Gasteiger partial charge on any atom is 0.276 e. The number of benzene rings is 1. The average molecular weight is 278 g/mol. The highest BCUT2D eigenvalue weighted by molar-refractivity contribution is 5.63. The molecule has 0 bridgehead atoms. The van der Waals surface area contributed by atoms with Crippen LogP contribution in [-0.2, 0) is 4.74 Å². The van der Waals surface area contributed by atoms with E-state index in [-0.39, 0.29) is 10.6 Å². The first kappa shape index (κ1) is 16.3. The maximum atomic E-state index is 11.0. The van der Waals surface area contributed by atoms with Crippen LogP contribution in [0.2, 0.25) is 0 Å². The van der Waals surface area contributed by atoms with Gasteiger partial charge >= 0.3 is 0 Å². The number of rotatable bonds is 8. The molecule has 0 spiro atoms. The van der Waals surface area contributed by atoms with Crippen LogP contribution in [0.25, 0.3) is 6.08 Å². The van der Waals surface area contributed by atoms with E-state index in [4.69, 9.17) is 4.74 Å². The molecule has 0 saturated carbocycles. The Morgan fingerprint density at radius 1 is 1.45 bits per heavy atom. The number of nitro benzene ring substituents is 1. The molecule has 110 valence electrons. The first-order valence-corrected chi connectivity index (χ1v) is 6.69. The van der Waals surface area contributed by atoms with E-state index in [2.05, 4.69) is 19.2 Å². The van der Waals surface area contributed by atoms with Crippen molar-refractivity contribution in [3.05, 3.63) is 45.5 Å². The van der Waals surface area contributed by atoms with E-state index in [0.717, 1.165) is 12.1 Å². The topological polar surface area (TPSA) is 64.4 Å². The molecule has 0 aliphatic carbocycles. The summed E-state index contributed by atoms with van der Waals surface area (Å²) in [6.07, 6.45) is 1.91. The van der Waals surface area contributed by atoms with Gasteiger partial charge in [-0.05, 0) is 18.1 Å². The Labute approximate surface area is 119 Å². The number of para-hydroxylation sites is 1. The zero-order valence-corrected chi connectivity index (χ0v) is 12.3. The maximum absolute atomic E-state index is 11.0. The van der Waals surface area contributed by atoms with Crippen molar-refractivity contribution in [1.29, 1.82) is 0 Å². The molecule has 1 aromatic rings. The van der Waals surface area contributed by atoms with Crippen molar-refractivity contribution in [2.45, 2.75) is 13.8 Å². The number of methoxy groups -OCH3 is 1. The van der Waals surface area contributed by atoms with E-state index >= 15 is 0 Å². The third-order valence-electron chi connectivity index (χ3n) is 3.03. The van der Waals surface area contributed by atoms with Crippen molar-refractivity contribution >= 4 is 11.8 Å². The van der Waals surface area contributed by atoms with Crippen molar-refractivity contribution < 1.29 is 9.66 Å². The van der Waals surface area contributed by atoms with Crippen molar-refractivity contribution in [3.63, 3.8) is 0 Å². The highest BCUT2D eigenvalue weighted by Crippen LogP contribution is 2.22. The Kier molecular flexibility index (Phi) is 6.90. The molecule has 0 aliphatic rings. The van der Waals surface area contributed by atoms with E-state index in [1.807, 2.05) is 12.1 Å². The number of nitrogens with zero attached hydrogens (tertiary/aromatic N) is 1. The summed E-state index contributed by atoms with van der Waals surface area (Å²) >= 11 is 0. The summed E-state index contributed by atoms with van der Waals surface area (Å²) in [6, 6.07) is 6.80. The van der Waals surface area contributed by atoms with Crippen LogP contribution in [0.5, 0.6) is 0 Å². The molecule has 20 heavy (non-hydrogen) atoms. The van der Waals surface area contributed by atoms with Crippen LogP contribution in [0.1, 0.15) is 19.4 Å². The van der Waals surface area contributed by atoms with Crippen LogP contribution in [0.3, 0.4) is 0 Å². The lowest BCUT2D eigenvalue weighted by atomic mass is 9.99. The quantitative estimate of drug-likeness (QED) is 0.451. The minimum absolute atomic E-state index is 0.141. The smallest absolute Gasteiger partial charge is 0.276 e. The molecule has 1 rings (SSSR count). The molecular weight excluding hydrogens is 256 g/mol. The van der Waals surface area contributed by atoms with Crippen molar-refractivity contribution in [3.8, 4) is 0 Å². The van der Waals surface area contributed by atoms with Crippen LogP contribution in [0, 0.1) is 16.0 Å². The summed E-state index contributed by atoms with van der Waals surface area (Å²) in [7, 11) is 1.66. The van der Waals surface area contributed by atoms with E-state index < -0.39 is 0 Å². The fourth-order valence-electron chi connectivity index (χ4n) is 1.80. The largest absolute Gasteiger partial charge is 0.383 e. The van der Waals surface area contributed by atoms with Gasteiger partial charge in [-0.15, -0.1) is 0 Å². The Morgan fingerprint density at radius 3 is 2.75 bits per heavy atom. The van der Waals surface area contributed by atoms with E-state index in [9.17, 15) is 10.1 Å². The second-order valence-corrected chi connectivity index (χ2v) is 4.86. The van der Waals surface area contributed by atoms with Crippen molar-refractivity contribution in [1.82, 2.24) is 5.32 Å². The fraction of sp³-hybridized carbons (Fsp3) is 0.467. The van der Waals surface area contributed by atoms with Crippen LogP contribution in [-0.4, -0.2) is 31.7 Å². The summed E-state index contributed by atoms with van der Waals surface area (Å²) in [6.45, 7) is 6.28. The molecule has 0 aliphatic heterocycles. The Balaban J connectivity index is 2.88. The molecular formula is C15H22N2O3. The van der Waals surface area contributed by atoms with Crippen LogP contribution < -0.4 is 5.32 Å². The molecule has 0 aromatic heterocycles. The molecule has 0 saturated heterocycles. The van der Waals surface area contributed by atoms with Gasteiger partial charge in [0.1, 0.15) is 0 Å². The van der Waals surface area contributed by atoms with Gasteiger partial charge in [-0.3, -0.25) is 10.1 Å². The van der Waals surface area contributed by atoms with Crippen molar-refractivity contribution in [2.24, 2.45) is 5.92 Å². The van der Waals surface area contributed by atoms with Gasteiger partial charge in [0.2, 0.25) is 0 Å². The van der Waals surface area contributed by atoms with Gasteiger partial charge in [0, 0.05) is 26.3 Å². The molecule has 0 radical (unpaired) electrons. The minimum Gasteiger partial charge on any atom is -0.383 e. The molecule has 0 fully saturated rings. The zero-order chi connectivity index (χ0) is 15.0. The summed E-state index contributed by atoms with van der Waals surface area (Å²) in [5.41, 5.74) is 1.92. The Bertz CT molecular complexity index is 470. The molecule has 0 unspecified atom stereocenters. The molecule has 5 nitrogen and oxygen atoms in total. The normalized spacial score (nSPS) is 11.9. The Morgan fingerprint density at radius 2 is 2.15 bits per heavy atom. The van der Waals surface area contributed by atoms with Gasteiger partial charge in [-0.2, -0.15) is 0 Å². The third kappa shape index (κ3) is 5.11. The van der Waals surface area contributed by atoms with Crippen LogP contribution in [0.4, 0.5) is 5.69 Å². The summed E-state index contributed by atoms with van der Waals surface area (Å²) in [4.78, 5) is 10.7. The zero-order valence-electron chi connectivity index (χ0n) is 12.3. The molecule has 1 aromatic carbocycles. The SMILES string of the molecule is COCCNCC(=Cc1ccccc1[N+](=O)[O-])C(C)C.